The summed E-state index contributed by atoms with van der Waals surface area (Å²) < 4.78 is 32.6. The van der Waals surface area contributed by atoms with Gasteiger partial charge < -0.3 is 20.1 Å². The molecule has 2 fully saturated rings. The third-order valence-electron chi connectivity index (χ3n) is 4.28. The van der Waals surface area contributed by atoms with Crippen molar-refractivity contribution in [1.29, 1.82) is 0 Å². The van der Waals surface area contributed by atoms with E-state index >= 15 is 0 Å². The number of carboxylic acids is 1. The van der Waals surface area contributed by atoms with E-state index in [1.807, 2.05) is 4.90 Å². The Labute approximate surface area is 126 Å². The maximum Gasteiger partial charge on any atom is 0.307 e. The number of carboxylic acid groups (broad SMARTS) is 1. The molecule has 120 valence electrons. The Hall–Kier alpha value is -1.73. The molecule has 2 aliphatic heterocycles. The van der Waals surface area contributed by atoms with Gasteiger partial charge in [0.15, 0.2) is 11.6 Å². The third-order valence-corrected chi connectivity index (χ3v) is 4.28. The van der Waals surface area contributed by atoms with Crippen LogP contribution in [0.5, 0.6) is 0 Å². The minimum Gasteiger partial charge on any atom is -0.481 e. The van der Waals surface area contributed by atoms with Crippen LogP contribution in [0, 0.1) is 17.6 Å². The number of carbonyl (C=O) groups is 1. The molecule has 5 nitrogen and oxygen atoms in total. The van der Waals surface area contributed by atoms with Crippen molar-refractivity contribution >= 4 is 11.7 Å². The Bertz CT molecular complexity index is 576. The molecule has 0 saturated carbocycles. The number of morpholine rings is 1. The number of nitrogens with one attached hydrogen (secondary N) is 1. The molecule has 2 saturated heterocycles. The van der Waals surface area contributed by atoms with Gasteiger partial charge in [-0.2, -0.15) is 0 Å². The number of nitrogens with zero attached hydrogens (tertiary/aromatic N) is 1. The fourth-order valence-corrected chi connectivity index (χ4v) is 3.07. The van der Waals surface area contributed by atoms with E-state index < -0.39 is 23.5 Å². The molecule has 2 unspecified atom stereocenters. The summed E-state index contributed by atoms with van der Waals surface area (Å²) in [5, 5.41) is 12.2. The molecular formula is C15H18F2N2O3. The highest BCUT2D eigenvalue weighted by Crippen LogP contribution is 2.35. The van der Waals surface area contributed by atoms with E-state index in [-0.39, 0.29) is 6.04 Å². The van der Waals surface area contributed by atoms with Gasteiger partial charge in [-0.1, -0.05) is 0 Å². The average molecular weight is 312 g/mol. The summed E-state index contributed by atoms with van der Waals surface area (Å²) >= 11 is 0. The maximum absolute atomic E-state index is 13.7. The summed E-state index contributed by atoms with van der Waals surface area (Å²) in [7, 11) is 0. The number of halogens is 2. The lowest BCUT2D eigenvalue weighted by atomic mass is 9.97. The van der Waals surface area contributed by atoms with Crippen molar-refractivity contribution in [2.45, 2.75) is 12.5 Å². The van der Waals surface area contributed by atoms with Crippen LogP contribution < -0.4 is 10.2 Å². The van der Waals surface area contributed by atoms with Crippen LogP contribution in [-0.2, 0) is 9.53 Å². The minimum absolute atomic E-state index is 0.283. The number of benzene rings is 1. The Morgan fingerprint density at radius 1 is 1.27 bits per heavy atom. The van der Waals surface area contributed by atoms with Gasteiger partial charge in [-0.3, -0.25) is 4.79 Å². The summed E-state index contributed by atoms with van der Waals surface area (Å²) in [6.07, 6.45) is 0.373. The maximum atomic E-state index is 13.7. The Morgan fingerprint density at radius 3 is 2.59 bits per heavy atom. The molecular weight excluding hydrogens is 294 g/mol. The molecule has 0 aliphatic carbocycles. The fraction of sp³-hybridized carbons (Fsp3) is 0.533. The molecule has 3 rings (SSSR count). The number of anilines is 1. The first-order valence-electron chi connectivity index (χ1n) is 7.34. The quantitative estimate of drug-likeness (QED) is 0.886. The summed E-state index contributed by atoms with van der Waals surface area (Å²) in [5.41, 5.74) is 1.23. The van der Waals surface area contributed by atoms with Crippen molar-refractivity contribution in [2.75, 3.05) is 37.7 Å². The van der Waals surface area contributed by atoms with Crippen molar-refractivity contribution in [3.8, 4) is 0 Å². The summed E-state index contributed by atoms with van der Waals surface area (Å²) in [4.78, 5) is 13.0. The second kappa shape index (κ2) is 6.18. The standard InChI is InChI=1S/C15H18F2N2O3/c16-11-6-10(13-5-9(8-18-13)15(20)21)14(7-12(11)17)19-1-3-22-4-2-19/h6-7,9,13,18H,1-5,8H2,(H,20,21). The number of rotatable bonds is 3. The second-order valence-corrected chi connectivity index (χ2v) is 5.66. The predicted molar refractivity (Wildman–Crippen MR) is 75.9 cm³/mol. The normalized spacial score (nSPS) is 25.5. The first kappa shape index (κ1) is 15.2. The zero-order valence-corrected chi connectivity index (χ0v) is 12.0. The molecule has 2 atom stereocenters. The Morgan fingerprint density at radius 2 is 1.95 bits per heavy atom. The van der Waals surface area contributed by atoms with Gasteiger partial charge in [0, 0.05) is 37.4 Å². The highest BCUT2D eigenvalue weighted by Gasteiger charge is 2.33. The molecule has 1 aromatic rings. The number of hydrogen-bond donors (Lipinski definition) is 2. The van der Waals surface area contributed by atoms with Crippen LogP contribution in [0.15, 0.2) is 12.1 Å². The smallest absolute Gasteiger partial charge is 0.307 e. The van der Waals surface area contributed by atoms with Crippen LogP contribution in [0.1, 0.15) is 18.0 Å². The van der Waals surface area contributed by atoms with Crippen LogP contribution in [0.3, 0.4) is 0 Å². The van der Waals surface area contributed by atoms with Crippen molar-refractivity contribution < 1.29 is 23.4 Å². The van der Waals surface area contributed by atoms with Gasteiger partial charge in [-0.25, -0.2) is 8.78 Å². The zero-order valence-electron chi connectivity index (χ0n) is 12.0. The fourth-order valence-electron chi connectivity index (χ4n) is 3.07. The van der Waals surface area contributed by atoms with Crippen LogP contribution >= 0.6 is 0 Å². The SMILES string of the molecule is O=C(O)C1CNC(c2cc(F)c(F)cc2N2CCOCC2)C1. The van der Waals surface area contributed by atoms with Crippen molar-refractivity contribution in [3.63, 3.8) is 0 Å². The summed E-state index contributed by atoms with van der Waals surface area (Å²) in [5.74, 6) is -3.17. The molecule has 0 radical (unpaired) electrons. The topological polar surface area (TPSA) is 61.8 Å². The molecule has 2 heterocycles. The predicted octanol–water partition coefficient (Wildman–Crippen LogP) is 1.54. The average Bonchev–Trinajstić information content (AvgIpc) is 3.00. The molecule has 0 spiro atoms. The lowest BCUT2D eigenvalue weighted by molar-refractivity contribution is -0.141. The summed E-state index contributed by atoms with van der Waals surface area (Å²) in [6.45, 7) is 2.62. The van der Waals surface area contributed by atoms with Gasteiger partial charge in [0.1, 0.15) is 0 Å². The molecule has 0 aromatic heterocycles. The first-order valence-corrected chi connectivity index (χ1v) is 7.34. The highest BCUT2D eigenvalue weighted by molar-refractivity contribution is 5.71. The van der Waals surface area contributed by atoms with E-state index in [4.69, 9.17) is 9.84 Å². The second-order valence-electron chi connectivity index (χ2n) is 5.66. The van der Waals surface area contributed by atoms with Crippen LogP contribution in [0.2, 0.25) is 0 Å². The number of aliphatic carboxylic acids is 1. The Kier molecular flexibility index (Phi) is 4.26. The van der Waals surface area contributed by atoms with Gasteiger partial charge in [-0.15, -0.1) is 0 Å². The van der Waals surface area contributed by atoms with Gasteiger partial charge in [0.25, 0.3) is 0 Å². The summed E-state index contributed by atoms with van der Waals surface area (Å²) in [6, 6.07) is 2.10. The van der Waals surface area contributed by atoms with E-state index in [9.17, 15) is 13.6 Å². The monoisotopic (exact) mass is 312 g/mol. The third kappa shape index (κ3) is 2.91. The molecule has 2 aliphatic rings. The largest absolute Gasteiger partial charge is 0.481 e. The van der Waals surface area contributed by atoms with Gasteiger partial charge in [-0.05, 0) is 18.1 Å². The van der Waals surface area contributed by atoms with E-state index in [0.717, 1.165) is 0 Å². The lowest BCUT2D eigenvalue weighted by Gasteiger charge is -2.32. The van der Waals surface area contributed by atoms with E-state index in [1.165, 1.54) is 12.1 Å². The van der Waals surface area contributed by atoms with Crippen molar-refractivity contribution in [3.05, 3.63) is 29.3 Å². The van der Waals surface area contributed by atoms with Gasteiger partial charge in [0.05, 0.1) is 19.1 Å². The van der Waals surface area contributed by atoms with E-state index in [1.54, 1.807) is 0 Å². The molecule has 22 heavy (non-hydrogen) atoms. The minimum atomic E-state index is -0.910. The van der Waals surface area contributed by atoms with Crippen LogP contribution in [0.25, 0.3) is 0 Å². The van der Waals surface area contributed by atoms with Crippen LogP contribution in [0.4, 0.5) is 14.5 Å². The number of hydrogen-bond acceptors (Lipinski definition) is 4. The van der Waals surface area contributed by atoms with Gasteiger partial charge in [0.2, 0.25) is 0 Å². The molecule has 7 heteroatoms. The van der Waals surface area contributed by atoms with Gasteiger partial charge >= 0.3 is 5.97 Å². The highest BCUT2D eigenvalue weighted by atomic mass is 19.2. The lowest BCUT2D eigenvalue weighted by Crippen LogP contribution is -2.37. The Balaban J connectivity index is 1.92. The van der Waals surface area contributed by atoms with E-state index in [0.29, 0.717) is 50.5 Å². The number of ether oxygens (including phenoxy) is 1. The van der Waals surface area contributed by atoms with Crippen molar-refractivity contribution in [2.24, 2.45) is 5.92 Å². The molecule has 0 amide bonds. The molecule has 0 bridgehead atoms. The molecule has 2 N–H and O–H groups in total. The first-order chi connectivity index (χ1) is 10.6. The zero-order chi connectivity index (χ0) is 15.7. The van der Waals surface area contributed by atoms with E-state index in [2.05, 4.69) is 5.32 Å². The van der Waals surface area contributed by atoms with Crippen molar-refractivity contribution in [1.82, 2.24) is 5.32 Å². The molecule has 1 aromatic carbocycles. The van der Waals surface area contributed by atoms with Crippen LogP contribution in [-0.4, -0.2) is 43.9 Å².